The molecule has 0 bridgehead atoms. The Balaban J connectivity index is 1.31. The van der Waals surface area contributed by atoms with Crippen LogP contribution in [-0.2, 0) is 16.1 Å². The van der Waals surface area contributed by atoms with Crippen molar-refractivity contribution in [1.29, 1.82) is 0 Å². The Bertz CT molecular complexity index is 1160. The maximum atomic E-state index is 13.0. The van der Waals surface area contributed by atoms with Crippen LogP contribution in [0.15, 0.2) is 72.8 Å². The van der Waals surface area contributed by atoms with Gasteiger partial charge in [-0.05, 0) is 54.1 Å². The van der Waals surface area contributed by atoms with Crippen molar-refractivity contribution in [3.8, 4) is 5.75 Å². The second kappa shape index (κ2) is 12.7. The number of morpholine rings is 1. The Morgan fingerprint density at radius 1 is 0.944 bits per heavy atom. The van der Waals surface area contributed by atoms with Crippen LogP contribution in [0, 0.1) is 0 Å². The Labute approximate surface area is 211 Å². The summed E-state index contributed by atoms with van der Waals surface area (Å²) in [7, 11) is 1.62. The maximum absolute atomic E-state index is 13.0. The third kappa shape index (κ3) is 7.31. The van der Waals surface area contributed by atoms with E-state index in [9.17, 15) is 9.59 Å². The molecule has 8 heteroatoms. The summed E-state index contributed by atoms with van der Waals surface area (Å²) in [6.45, 7) is 4.22. The summed E-state index contributed by atoms with van der Waals surface area (Å²) in [6, 6.07) is 22.4. The number of hydrogen-bond acceptors (Lipinski definition) is 6. The van der Waals surface area contributed by atoms with E-state index in [1.54, 1.807) is 13.2 Å². The van der Waals surface area contributed by atoms with Crippen molar-refractivity contribution >= 4 is 28.9 Å². The minimum atomic E-state index is -0.188. The molecule has 1 aliphatic rings. The lowest BCUT2D eigenvalue weighted by Crippen LogP contribution is -2.38. The molecule has 4 rings (SSSR count). The van der Waals surface area contributed by atoms with Gasteiger partial charge in [0, 0.05) is 44.0 Å². The molecule has 2 amide bonds. The smallest absolute Gasteiger partial charge is 0.253 e. The molecule has 0 atom stereocenters. The molecule has 1 heterocycles. The van der Waals surface area contributed by atoms with E-state index in [1.807, 2.05) is 66.7 Å². The van der Waals surface area contributed by atoms with Gasteiger partial charge in [0.2, 0.25) is 5.91 Å². The average molecular weight is 489 g/mol. The summed E-state index contributed by atoms with van der Waals surface area (Å²) < 4.78 is 10.5. The highest BCUT2D eigenvalue weighted by Crippen LogP contribution is 2.23. The van der Waals surface area contributed by atoms with E-state index in [1.165, 1.54) is 0 Å². The number of para-hydroxylation sites is 1. The number of amides is 2. The number of nitrogens with zero attached hydrogens (tertiary/aromatic N) is 1. The van der Waals surface area contributed by atoms with Gasteiger partial charge in [-0.15, -0.1) is 0 Å². The van der Waals surface area contributed by atoms with Crippen LogP contribution in [0.25, 0.3) is 0 Å². The average Bonchev–Trinajstić information content (AvgIpc) is 2.92. The van der Waals surface area contributed by atoms with Gasteiger partial charge in [-0.3, -0.25) is 14.5 Å². The van der Waals surface area contributed by atoms with E-state index in [0.29, 0.717) is 24.2 Å². The molecule has 0 unspecified atom stereocenters. The van der Waals surface area contributed by atoms with Crippen molar-refractivity contribution < 1.29 is 19.1 Å². The molecule has 3 aromatic rings. The number of hydrogen-bond donors (Lipinski definition) is 3. The lowest BCUT2D eigenvalue weighted by Gasteiger charge is -2.26. The van der Waals surface area contributed by atoms with Crippen LogP contribution >= 0.6 is 0 Å². The summed E-state index contributed by atoms with van der Waals surface area (Å²) in [5.74, 6) is 0.551. The minimum Gasteiger partial charge on any atom is -0.497 e. The first-order valence-corrected chi connectivity index (χ1v) is 12.1. The van der Waals surface area contributed by atoms with E-state index >= 15 is 0 Å². The number of anilines is 3. The molecule has 1 fully saturated rings. The highest BCUT2D eigenvalue weighted by molar-refractivity contribution is 6.00. The van der Waals surface area contributed by atoms with Gasteiger partial charge in [-0.2, -0.15) is 0 Å². The molecule has 0 aromatic heterocycles. The fourth-order valence-electron chi connectivity index (χ4n) is 3.96. The fourth-order valence-corrected chi connectivity index (χ4v) is 3.96. The van der Waals surface area contributed by atoms with E-state index in [2.05, 4.69) is 20.9 Å². The van der Waals surface area contributed by atoms with Gasteiger partial charge in [0.15, 0.2) is 0 Å². The molecule has 188 valence electrons. The number of nitrogens with one attached hydrogen (secondary N) is 3. The van der Waals surface area contributed by atoms with Crippen LogP contribution in [0.5, 0.6) is 5.75 Å². The fraction of sp³-hybridized carbons (Fsp3) is 0.286. The third-order valence-electron chi connectivity index (χ3n) is 5.96. The molecular weight excluding hydrogens is 456 g/mol. The molecule has 0 spiro atoms. The summed E-state index contributed by atoms with van der Waals surface area (Å²) in [6.07, 6.45) is 0.430. The zero-order chi connectivity index (χ0) is 25.2. The monoisotopic (exact) mass is 488 g/mol. The molecule has 0 aliphatic carbocycles. The Hall–Kier alpha value is -3.88. The number of carbonyl (C=O) groups is 2. The van der Waals surface area contributed by atoms with Crippen LogP contribution in [0.4, 0.5) is 17.1 Å². The number of methoxy groups -OCH3 is 1. The minimum absolute atomic E-state index is 0.0267. The van der Waals surface area contributed by atoms with E-state index in [4.69, 9.17) is 9.47 Å². The predicted octanol–water partition coefficient (Wildman–Crippen LogP) is 4.03. The third-order valence-corrected chi connectivity index (χ3v) is 5.96. The van der Waals surface area contributed by atoms with Gasteiger partial charge >= 0.3 is 0 Å². The molecule has 0 radical (unpaired) electrons. The first-order valence-electron chi connectivity index (χ1n) is 12.1. The zero-order valence-electron chi connectivity index (χ0n) is 20.5. The van der Waals surface area contributed by atoms with Crippen LogP contribution in [0.1, 0.15) is 22.3 Å². The first-order chi connectivity index (χ1) is 17.6. The SMILES string of the molecule is COc1ccc(Nc2ccccc2C(=O)NCc2cccc(NC(=O)CCN3CCOCC3)c2)cc1. The second-order valence-electron chi connectivity index (χ2n) is 8.53. The Kier molecular flexibility index (Phi) is 8.91. The quantitative estimate of drug-likeness (QED) is 0.399. The van der Waals surface area contributed by atoms with Crippen LogP contribution in [-0.4, -0.2) is 56.7 Å². The number of rotatable bonds is 10. The van der Waals surface area contributed by atoms with Gasteiger partial charge in [0.05, 0.1) is 31.6 Å². The summed E-state index contributed by atoms with van der Waals surface area (Å²) in [5.41, 5.74) is 3.72. The summed E-state index contributed by atoms with van der Waals surface area (Å²) in [5, 5.41) is 9.23. The van der Waals surface area contributed by atoms with Crippen molar-refractivity contribution in [3.63, 3.8) is 0 Å². The highest BCUT2D eigenvalue weighted by atomic mass is 16.5. The van der Waals surface area contributed by atoms with Gasteiger partial charge in [0.1, 0.15) is 5.75 Å². The largest absolute Gasteiger partial charge is 0.497 e. The van der Waals surface area contributed by atoms with Crippen molar-refractivity contribution in [2.24, 2.45) is 0 Å². The van der Waals surface area contributed by atoms with Crippen molar-refractivity contribution in [2.45, 2.75) is 13.0 Å². The number of carbonyl (C=O) groups excluding carboxylic acids is 2. The number of benzene rings is 3. The van der Waals surface area contributed by atoms with Gasteiger partial charge in [-0.1, -0.05) is 24.3 Å². The molecule has 3 N–H and O–H groups in total. The topological polar surface area (TPSA) is 91.9 Å². The van der Waals surface area contributed by atoms with Crippen molar-refractivity contribution in [1.82, 2.24) is 10.2 Å². The van der Waals surface area contributed by atoms with Crippen LogP contribution in [0.3, 0.4) is 0 Å². The van der Waals surface area contributed by atoms with Gasteiger partial charge in [-0.25, -0.2) is 0 Å². The highest BCUT2D eigenvalue weighted by Gasteiger charge is 2.13. The standard InChI is InChI=1S/C28H32N4O4/c1-35-24-11-9-22(10-12-24)30-26-8-3-2-7-25(26)28(34)29-20-21-5-4-6-23(19-21)31-27(33)13-14-32-15-17-36-18-16-32/h2-12,19,30H,13-18,20H2,1H3,(H,29,34)(H,31,33). The van der Waals surface area contributed by atoms with E-state index in [-0.39, 0.29) is 11.8 Å². The molecule has 0 saturated carbocycles. The van der Waals surface area contributed by atoms with E-state index < -0.39 is 0 Å². The first kappa shape index (κ1) is 25.2. The molecule has 1 aliphatic heterocycles. The lowest BCUT2D eigenvalue weighted by atomic mass is 10.1. The normalized spacial score (nSPS) is 13.6. The predicted molar refractivity (Wildman–Crippen MR) is 141 cm³/mol. The summed E-state index contributed by atoms with van der Waals surface area (Å²) >= 11 is 0. The second-order valence-corrected chi connectivity index (χ2v) is 8.53. The lowest BCUT2D eigenvalue weighted by molar-refractivity contribution is -0.116. The molecule has 8 nitrogen and oxygen atoms in total. The van der Waals surface area contributed by atoms with Gasteiger partial charge in [0.25, 0.3) is 5.91 Å². The molecule has 36 heavy (non-hydrogen) atoms. The zero-order valence-corrected chi connectivity index (χ0v) is 20.5. The molecule has 1 saturated heterocycles. The Morgan fingerprint density at radius 2 is 1.72 bits per heavy atom. The van der Waals surface area contributed by atoms with Gasteiger partial charge < -0.3 is 25.4 Å². The van der Waals surface area contributed by atoms with Crippen LogP contribution < -0.4 is 20.7 Å². The number of ether oxygens (including phenoxy) is 2. The van der Waals surface area contributed by atoms with Crippen LogP contribution in [0.2, 0.25) is 0 Å². The van der Waals surface area contributed by atoms with Crippen molar-refractivity contribution in [2.75, 3.05) is 50.6 Å². The summed E-state index contributed by atoms with van der Waals surface area (Å²) in [4.78, 5) is 27.6. The Morgan fingerprint density at radius 3 is 2.50 bits per heavy atom. The van der Waals surface area contributed by atoms with Crippen molar-refractivity contribution in [3.05, 3.63) is 83.9 Å². The van der Waals surface area contributed by atoms with E-state index in [0.717, 1.165) is 55.5 Å². The molecular formula is C28H32N4O4. The maximum Gasteiger partial charge on any atom is 0.253 e. The molecule has 3 aromatic carbocycles.